The Kier molecular flexibility index (Phi) is 4.31. The van der Waals surface area contributed by atoms with Gasteiger partial charge >= 0.3 is 0 Å². The average Bonchev–Trinajstić information content (AvgIpc) is 3.33. The first kappa shape index (κ1) is 20.6. The Morgan fingerprint density at radius 2 is 2.12 bits per heavy atom. The molecule has 2 aliphatic heterocycles. The van der Waals surface area contributed by atoms with Crippen molar-refractivity contribution in [1.82, 2.24) is 10.2 Å². The Morgan fingerprint density at radius 1 is 1.24 bits per heavy atom. The number of ether oxygens (including phenoxy) is 1. The van der Waals surface area contributed by atoms with Gasteiger partial charge in [-0.05, 0) is 80.8 Å². The third-order valence-electron chi connectivity index (χ3n) is 9.03. The molecule has 1 spiro atoms. The van der Waals surface area contributed by atoms with E-state index in [9.17, 15) is 15.0 Å². The number of phenols is 1. The number of likely N-dealkylation sites (tertiary alicyclic amines) is 1. The molecule has 2 aromatic rings. The molecule has 5 atom stereocenters. The Bertz CT molecular complexity index is 1170. The average molecular weight is 463 g/mol. The van der Waals surface area contributed by atoms with Gasteiger partial charge in [-0.3, -0.25) is 9.69 Å². The van der Waals surface area contributed by atoms with E-state index in [4.69, 9.17) is 9.15 Å². The van der Waals surface area contributed by atoms with Gasteiger partial charge in [0.15, 0.2) is 11.5 Å². The molecular formula is C27H30N2O5. The monoisotopic (exact) mass is 462 g/mol. The first-order valence-electron chi connectivity index (χ1n) is 12.5. The minimum Gasteiger partial charge on any atom is -0.504 e. The van der Waals surface area contributed by atoms with Crippen LogP contribution in [-0.4, -0.2) is 57.9 Å². The van der Waals surface area contributed by atoms with E-state index in [2.05, 4.69) is 10.2 Å². The second kappa shape index (κ2) is 7.12. The van der Waals surface area contributed by atoms with Crippen LogP contribution >= 0.6 is 0 Å². The van der Waals surface area contributed by atoms with Crippen LogP contribution in [0, 0.1) is 5.92 Å². The summed E-state index contributed by atoms with van der Waals surface area (Å²) in [5.74, 6) is 1.77. The SMILES string of the molecule is O=C(/C=C/c1ccco1)N[C@@H]1CC[C@@]2(O)[C@H]3Cc4ccc(O)c5c4[C@@]2(CCN3CC2CC2)[C@H]1O5. The van der Waals surface area contributed by atoms with Crippen LogP contribution in [0.1, 0.15) is 49.0 Å². The summed E-state index contributed by atoms with van der Waals surface area (Å²) in [7, 11) is 0. The number of furan rings is 1. The third-order valence-corrected chi connectivity index (χ3v) is 9.03. The molecule has 34 heavy (non-hydrogen) atoms. The molecule has 1 amide bonds. The van der Waals surface area contributed by atoms with Crippen molar-refractivity contribution < 1.29 is 24.2 Å². The van der Waals surface area contributed by atoms with E-state index in [1.54, 1.807) is 30.5 Å². The summed E-state index contributed by atoms with van der Waals surface area (Å²) < 4.78 is 11.8. The van der Waals surface area contributed by atoms with Crippen LogP contribution in [0.25, 0.3) is 6.08 Å². The lowest BCUT2D eigenvalue weighted by molar-refractivity contribution is -0.192. The number of amides is 1. The van der Waals surface area contributed by atoms with E-state index in [1.807, 2.05) is 6.07 Å². The number of nitrogens with zero attached hydrogens (tertiary/aromatic N) is 1. The van der Waals surface area contributed by atoms with Crippen molar-refractivity contribution in [2.45, 2.75) is 67.7 Å². The lowest BCUT2D eigenvalue weighted by atomic mass is 9.48. The van der Waals surface area contributed by atoms with Crippen molar-refractivity contribution in [2.24, 2.45) is 5.92 Å². The van der Waals surface area contributed by atoms with Gasteiger partial charge in [-0.2, -0.15) is 0 Å². The molecule has 1 aromatic heterocycles. The summed E-state index contributed by atoms with van der Waals surface area (Å²) >= 11 is 0. The number of aliphatic hydroxyl groups is 1. The van der Waals surface area contributed by atoms with Gasteiger partial charge in [-0.15, -0.1) is 0 Å². The van der Waals surface area contributed by atoms with Gasteiger partial charge in [0.25, 0.3) is 0 Å². The van der Waals surface area contributed by atoms with Gasteiger partial charge in [0, 0.05) is 24.2 Å². The minimum absolute atomic E-state index is 0.0337. The lowest BCUT2D eigenvalue weighted by Gasteiger charge is -2.64. The zero-order valence-electron chi connectivity index (χ0n) is 19.1. The van der Waals surface area contributed by atoms with E-state index in [1.165, 1.54) is 18.9 Å². The number of carbonyl (C=O) groups is 1. The highest BCUT2D eigenvalue weighted by molar-refractivity contribution is 5.91. The topological polar surface area (TPSA) is 95.2 Å². The molecule has 3 heterocycles. The highest BCUT2D eigenvalue weighted by atomic mass is 16.5. The van der Waals surface area contributed by atoms with Crippen molar-refractivity contribution in [3.63, 3.8) is 0 Å². The van der Waals surface area contributed by atoms with Crippen LogP contribution in [0.3, 0.4) is 0 Å². The standard InChI is InChI=1S/C27H30N2O5/c30-20-7-5-17-14-21-27(32)10-9-19(28-22(31)8-6-18-2-1-13-33-18)25-26(27,23(17)24(20)34-25)11-12-29(21)15-16-3-4-16/h1-2,5-8,13,16,19,21,25,30,32H,3-4,9-12,14-15H2,(H,28,31)/b8-6+/t19-,21-,25+,26+,27-/m1/s1. The maximum Gasteiger partial charge on any atom is 0.244 e. The number of aromatic hydroxyl groups is 1. The highest BCUT2D eigenvalue weighted by Crippen LogP contribution is 2.65. The van der Waals surface area contributed by atoms with Gasteiger partial charge in [-0.1, -0.05) is 6.07 Å². The molecule has 1 aromatic carbocycles. The van der Waals surface area contributed by atoms with E-state index >= 15 is 0 Å². The largest absolute Gasteiger partial charge is 0.504 e. The molecule has 0 radical (unpaired) electrons. The Morgan fingerprint density at radius 3 is 2.91 bits per heavy atom. The van der Waals surface area contributed by atoms with Crippen molar-refractivity contribution >= 4 is 12.0 Å². The number of piperidine rings is 1. The smallest absolute Gasteiger partial charge is 0.244 e. The molecule has 5 aliphatic rings. The van der Waals surface area contributed by atoms with Crippen LogP contribution in [0.2, 0.25) is 0 Å². The Balaban J connectivity index is 1.25. The van der Waals surface area contributed by atoms with E-state index in [0.29, 0.717) is 24.4 Å². The quantitative estimate of drug-likeness (QED) is 0.592. The first-order valence-corrected chi connectivity index (χ1v) is 12.5. The maximum absolute atomic E-state index is 12.8. The summed E-state index contributed by atoms with van der Waals surface area (Å²) in [5, 5.41) is 26.3. The minimum atomic E-state index is -0.942. The number of phenolic OH excluding ortho intramolecular Hbond substituents is 1. The molecule has 1 saturated heterocycles. The normalized spacial score (nSPS) is 35.7. The zero-order valence-corrected chi connectivity index (χ0v) is 19.1. The fourth-order valence-electron chi connectivity index (χ4n) is 7.40. The maximum atomic E-state index is 12.8. The van der Waals surface area contributed by atoms with Crippen LogP contribution in [-0.2, 0) is 16.6 Å². The van der Waals surface area contributed by atoms with Gasteiger partial charge in [-0.25, -0.2) is 0 Å². The van der Waals surface area contributed by atoms with Crippen LogP contribution in [0.4, 0.5) is 0 Å². The number of benzene rings is 1. The van der Waals surface area contributed by atoms with Crippen LogP contribution < -0.4 is 10.1 Å². The summed E-state index contributed by atoms with van der Waals surface area (Å²) in [4.78, 5) is 15.3. The molecule has 7 rings (SSSR count). The lowest BCUT2D eigenvalue weighted by Crippen LogP contribution is -2.78. The number of nitrogens with one attached hydrogen (secondary N) is 1. The summed E-state index contributed by atoms with van der Waals surface area (Å²) in [6, 6.07) is 7.06. The molecule has 178 valence electrons. The van der Waals surface area contributed by atoms with Crippen molar-refractivity contribution in [1.29, 1.82) is 0 Å². The number of hydrogen-bond acceptors (Lipinski definition) is 6. The van der Waals surface area contributed by atoms with Gasteiger partial charge in [0.05, 0.1) is 23.3 Å². The first-order chi connectivity index (χ1) is 16.5. The molecular weight excluding hydrogens is 432 g/mol. The van der Waals surface area contributed by atoms with Crippen molar-refractivity contribution in [3.05, 3.63) is 53.5 Å². The van der Waals surface area contributed by atoms with Gasteiger partial charge in [0.2, 0.25) is 5.91 Å². The zero-order chi connectivity index (χ0) is 23.1. The second-order valence-electron chi connectivity index (χ2n) is 10.8. The van der Waals surface area contributed by atoms with Crippen LogP contribution in [0.15, 0.2) is 41.0 Å². The third kappa shape index (κ3) is 2.74. The molecule has 7 heteroatoms. The van der Waals surface area contributed by atoms with Crippen LogP contribution in [0.5, 0.6) is 11.5 Å². The molecule has 3 aliphatic carbocycles. The highest BCUT2D eigenvalue weighted by Gasteiger charge is 2.73. The second-order valence-corrected chi connectivity index (χ2v) is 10.8. The summed E-state index contributed by atoms with van der Waals surface area (Å²) in [6.45, 7) is 1.95. The molecule has 2 saturated carbocycles. The molecule has 2 bridgehead atoms. The summed E-state index contributed by atoms with van der Waals surface area (Å²) in [5.41, 5.74) is 0.574. The van der Waals surface area contributed by atoms with E-state index in [-0.39, 0.29) is 23.7 Å². The molecule has 3 fully saturated rings. The number of carbonyl (C=O) groups excluding carboxylic acids is 1. The van der Waals surface area contributed by atoms with Gasteiger partial charge < -0.3 is 24.7 Å². The van der Waals surface area contributed by atoms with Crippen molar-refractivity contribution in [3.8, 4) is 11.5 Å². The number of rotatable bonds is 5. The predicted molar refractivity (Wildman–Crippen MR) is 124 cm³/mol. The fourth-order valence-corrected chi connectivity index (χ4v) is 7.40. The Labute approximate surface area is 198 Å². The molecule has 7 nitrogen and oxygen atoms in total. The number of hydrogen-bond donors (Lipinski definition) is 3. The Hall–Kier alpha value is -2.77. The van der Waals surface area contributed by atoms with E-state index in [0.717, 1.165) is 43.0 Å². The predicted octanol–water partition coefficient (Wildman–Crippen LogP) is 2.75. The molecule has 0 unspecified atom stereocenters. The fraction of sp³-hybridized carbons (Fsp3) is 0.519. The molecule has 3 N–H and O–H groups in total. The van der Waals surface area contributed by atoms with Gasteiger partial charge in [0.1, 0.15) is 11.9 Å². The summed E-state index contributed by atoms with van der Waals surface area (Å²) in [6.07, 6.45) is 9.60. The van der Waals surface area contributed by atoms with Crippen molar-refractivity contribution in [2.75, 3.05) is 13.1 Å². The van der Waals surface area contributed by atoms with E-state index < -0.39 is 17.1 Å².